The van der Waals surface area contributed by atoms with Crippen molar-refractivity contribution in [2.24, 2.45) is 0 Å². The number of hydrogen-bond donors (Lipinski definition) is 0. The van der Waals surface area contributed by atoms with Crippen LogP contribution in [0.5, 0.6) is 5.75 Å². The second-order valence-corrected chi connectivity index (χ2v) is 4.92. The molecule has 1 aromatic carbocycles. The van der Waals surface area contributed by atoms with Gasteiger partial charge in [-0.15, -0.1) is 0 Å². The molecule has 1 aromatic rings. The molecule has 0 N–H and O–H groups in total. The van der Waals surface area contributed by atoms with Gasteiger partial charge in [0.25, 0.3) is 0 Å². The third-order valence-corrected chi connectivity index (χ3v) is 3.52. The van der Waals surface area contributed by atoms with Crippen LogP contribution in [0.15, 0.2) is 30.4 Å². The van der Waals surface area contributed by atoms with Gasteiger partial charge in [0.2, 0.25) is 0 Å². The number of rotatable bonds is 2. The molecular weight excluding hydrogens is 196 g/mol. The molecule has 1 aliphatic carbocycles. The van der Waals surface area contributed by atoms with Crippen molar-refractivity contribution in [1.29, 1.82) is 0 Å². The van der Waals surface area contributed by atoms with Gasteiger partial charge in [-0.2, -0.15) is 0 Å². The summed E-state index contributed by atoms with van der Waals surface area (Å²) < 4.78 is 5.51. The summed E-state index contributed by atoms with van der Waals surface area (Å²) in [7, 11) is 1.76. The molecule has 1 aliphatic rings. The highest BCUT2D eigenvalue weighted by Gasteiger charge is 2.28. The summed E-state index contributed by atoms with van der Waals surface area (Å²) in [6.07, 6.45) is 8.32. The monoisotopic (exact) mass is 216 g/mol. The van der Waals surface area contributed by atoms with Crippen molar-refractivity contribution >= 4 is 0 Å². The fourth-order valence-corrected chi connectivity index (χ4v) is 2.51. The van der Waals surface area contributed by atoms with E-state index in [2.05, 4.69) is 44.2 Å². The Balaban J connectivity index is 2.46. The first kappa shape index (κ1) is 11.3. The number of benzene rings is 1. The second kappa shape index (κ2) is 4.32. The molecule has 0 aromatic heterocycles. The molecule has 1 atom stereocenters. The number of methoxy groups -OCH3 is 1. The van der Waals surface area contributed by atoms with E-state index >= 15 is 0 Å². The van der Waals surface area contributed by atoms with E-state index in [4.69, 9.17) is 4.74 Å². The standard InChI is InChI=1S/C15H20O/c1-12-7-8-13(14(11-12)16-3)15(2)9-5-4-6-10-15/h5,7-9,11H,4,6,10H2,1-3H3. The third-order valence-electron chi connectivity index (χ3n) is 3.52. The van der Waals surface area contributed by atoms with Crippen molar-refractivity contribution in [2.45, 2.75) is 38.5 Å². The highest BCUT2D eigenvalue weighted by molar-refractivity contribution is 5.44. The molecule has 0 bridgehead atoms. The lowest BCUT2D eigenvalue weighted by Crippen LogP contribution is -2.22. The Morgan fingerprint density at radius 3 is 2.75 bits per heavy atom. The molecule has 0 fully saturated rings. The van der Waals surface area contributed by atoms with Crippen molar-refractivity contribution in [3.63, 3.8) is 0 Å². The second-order valence-electron chi connectivity index (χ2n) is 4.92. The molecule has 1 heteroatoms. The molecular formula is C15H20O. The summed E-state index contributed by atoms with van der Waals surface area (Å²) in [4.78, 5) is 0. The van der Waals surface area contributed by atoms with Crippen LogP contribution in [0.2, 0.25) is 0 Å². The highest BCUT2D eigenvalue weighted by atomic mass is 16.5. The van der Waals surface area contributed by atoms with E-state index in [-0.39, 0.29) is 5.41 Å². The molecule has 0 aliphatic heterocycles. The molecule has 16 heavy (non-hydrogen) atoms. The van der Waals surface area contributed by atoms with Gasteiger partial charge in [0.05, 0.1) is 7.11 Å². The van der Waals surface area contributed by atoms with Crippen molar-refractivity contribution < 1.29 is 4.74 Å². The first-order valence-electron chi connectivity index (χ1n) is 5.98. The molecule has 0 saturated carbocycles. The van der Waals surface area contributed by atoms with E-state index in [0.717, 1.165) is 5.75 Å². The van der Waals surface area contributed by atoms with Crippen LogP contribution in [0.3, 0.4) is 0 Å². The van der Waals surface area contributed by atoms with Crippen LogP contribution in [-0.4, -0.2) is 7.11 Å². The number of hydrogen-bond acceptors (Lipinski definition) is 1. The fraction of sp³-hybridized carbons (Fsp3) is 0.467. The lowest BCUT2D eigenvalue weighted by Gasteiger charge is -2.31. The maximum Gasteiger partial charge on any atom is 0.123 e. The summed E-state index contributed by atoms with van der Waals surface area (Å²) in [6.45, 7) is 4.40. The number of ether oxygens (including phenoxy) is 1. The van der Waals surface area contributed by atoms with E-state index in [1.165, 1.54) is 30.4 Å². The Morgan fingerprint density at radius 2 is 2.12 bits per heavy atom. The van der Waals surface area contributed by atoms with Gasteiger partial charge in [-0.05, 0) is 37.8 Å². The number of aryl methyl sites for hydroxylation is 1. The normalized spacial score (nSPS) is 24.4. The van der Waals surface area contributed by atoms with Crippen LogP contribution in [0.1, 0.15) is 37.3 Å². The van der Waals surface area contributed by atoms with Crippen molar-refractivity contribution in [2.75, 3.05) is 7.11 Å². The van der Waals surface area contributed by atoms with Crippen LogP contribution in [-0.2, 0) is 5.41 Å². The quantitative estimate of drug-likeness (QED) is 0.679. The summed E-state index contributed by atoms with van der Waals surface area (Å²) >= 11 is 0. The summed E-state index contributed by atoms with van der Waals surface area (Å²) in [5.41, 5.74) is 2.72. The molecule has 0 heterocycles. The largest absolute Gasteiger partial charge is 0.496 e. The minimum absolute atomic E-state index is 0.150. The van der Waals surface area contributed by atoms with Gasteiger partial charge in [-0.3, -0.25) is 0 Å². The van der Waals surface area contributed by atoms with Crippen molar-refractivity contribution in [3.8, 4) is 5.75 Å². The zero-order valence-corrected chi connectivity index (χ0v) is 10.4. The topological polar surface area (TPSA) is 9.23 Å². The predicted octanol–water partition coefficient (Wildman–Crippen LogP) is 4.00. The fourth-order valence-electron chi connectivity index (χ4n) is 2.51. The summed E-state index contributed by atoms with van der Waals surface area (Å²) in [5, 5.41) is 0. The molecule has 1 nitrogen and oxygen atoms in total. The molecule has 0 spiro atoms. The van der Waals surface area contributed by atoms with E-state index in [1.807, 2.05) is 0 Å². The molecule has 0 radical (unpaired) electrons. The minimum Gasteiger partial charge on any atom is -0.496 e. The maximum atomic E-state index is 5.51. The third kappa shape index (κ3) is 1.99. The molecule has 0 saturated heterocycles. The molecule has 2 rings (SSSR count). The van der Waals surface area contributed by atoms with E-state index in [0.29, 0.717) is 0 Å². The minimum atomic E-state index is 0.150. The van der Waals surface area contributed by atoms with E-state index < -0.39 is 0 Å². The first-order valence-corrected chi connectivity index (χ1v) is 5.98. The predicted molar refractivity (Wildman–Crippen MR) is 68.1 cm³/mol. The first-order chi connectivity index (χ1) is 7.65. The Morgan fingerprint density at radius 1 is 1.31 bits per heavy atom. The van der Waals surface area contributed by atoms with Gasteiger partial charge in [0, 0.05) is 11.0 Å². The Hall–Kier alpha value is -1.24. The van der Waals surface area contributed by atoms with Gasteiger partial charge in [-0.1, -0.05) is 31.2 Å². The SMILES string of the molecule is COc1cc(C)ccc1C1(C)C=CCCC1. The van der Waals surface area contributed by atoms with Crippen LogP contribution >= 0.6 is 0 Å². The Bertz CT molecular complexity index is 406. The average Bonchev–Trinajstić information content (AvgIpc) is 2.29. The van der Waals surface area contributed by atoms with Gasteiger partial charge < -0.3 is 4.74 Å². The van der Waals surface area contributed by atoms with Gasteiger partial charge >= 0.3 is 0 Å². The average molecular weight is 216 g/mol. The maximum absolute atomic E-state index is 5.51. The molecule has 1 unspecified atom stereocenters. The van der Waals surface area contributed by atoms with E-state index in [9.17, 15) is 0 Å². The molecule has 86 valence electrons. The smallest absolute Gasteiger partial charge is 0.123 e. The number of allylic oxidation sites excluding steroid dienone is 2. The summed E-state index contributed by atoms with van der Waals surface area (Å²) in [6, 6.07) is 6.51. The lowest BCUT2D eigenvalue weighted by molar-refractivity contribution is 0.390. The summed E-state index contributed by atoms with van der Waals surface area (Å²) in [5.74, 6) is 1.02. The molecule has 0 amide bonds. The van der Waals surface area contributed by atoms with Crippen LogP contribution < -0.4 is 4.74 Å². The Kier molecular flexibility index (Phi) is 3.04. The zero-order chi connectivity index (χ0) is 11.6. The van der Waals surface area contributed by atoms with Gasteiger partial charge in [0.15, 0.2) is 0 Å². The van der Waals surface area contributed by atoms with Crippen LogP contribution in [0.25, 0.3) is 0 Å². The van der Waals surface area contributed by atoms with Gasteiger partial charge in [-0.25, -0.2) is 0 Å². The Labute approximate surface area is 98.1 Å². The van der Waals surface area contributed by atoms with E-state index in [1.54, 1.807) is 7.11 Å². The zero-order valence-electron chi connectivity index (χ0n) is 10.4. The van der Waals surface area contributed by atoms with Crippen molar-refractivity contribution in [1.82, 2.24) is 0 Å². The van der Waals surface area contributed by atoms with Crippen molar-refractivity contribution in [3.05, 3.63) is 41.5 Å². The highest BCUT2D eigenvalue weighted by Crippen LogP contribution is 2.39. The van der Waals surface area contributed by atoms with Gasteiger partial charge in [0.1, 0.15) is 5.75 Å². The van der Waals surface area contributed by atoms with Crippen LogP contribution in [0.4, 0.5) is 0 Å². The van der Waals surface area contributed by atoms with Crippen LogP contribution in [0, 0.1) is 6.92 Å². The lowest BCUT2D eigenvalue weighted by atomic mass is 9.74.